The zero-order chi connectivity index (χ0) is 16.6. The van der Waals surface area contributed by atoms with Crippen molar-refractivity contribution >= 4 is 11.2 Å². The molecule has 0 unspecified atom stereocenters. The number of rotatable bonds is 4. The van der Waals surface area contributed by atoms with E-state index in [0.29, 0.717) is 17.7 Å². The molecule has 0 aliphatic heterocycles. The molecule has 0 atom stereocenters. The molecule has 7 heteroatoms. The van der Waals surface area contributed by atoms with Crippen LogP contribution in [0.2, 0.25) is 0 Å². The maximum atomic E-state index is 13.2. The van der Waals surface area contributed by atoms with Gasteiger partial charge in [0.2, 0.25) is 0 Å². The Morgan fingerprint density at radius 1 is 1.26 bits per heavy atom. The monoisotopic (exact) mass is 314 g/mol. The molecule has 118 valence electrons. The SMILES string of the molecule is C=CCn1c(=O)c2c(ncn2CC)n(-c2ccc(F)cc2)c1=O. The van der Waals surface area contributed by atoms with Gasteiger partial charge in [-0.25, -0.2) is 18.7 Å². The van der Waals surface area contributed by atoms with Crippen molar-refractivity contribution in [3.8, 4) is 5.69 Å². The highest BCUT2D eigenvalue weighted by molar-refractivity contribution is 5.72. The highest BCUT2D eigenvalue weighted by Crippen LogP contribution is 2.13. The number of hydrogen-bond donors (Lipinski definition) is 0. The molecule has 0 N–H and O–H groups in total. The molecule has 0 fully saturated rings. The largest absolute Gasteiger partial charge is 0.337 e. The van der Waals surface area contributed by atoms with Crippen LogP contribution in [-0.2, 0) is 13.1 Å². The highest BCUT2D eigenvalue weighted by Gasteiger charge is 2.18. The van der Waals surface area contributed by atoms with E-state index in [1.807, 2.05) is 6.92 Å². The third-order valence-electron chi connectivity index (χ3n) is 3.64. The van der Waals surface area contributed by atoms with Crippen molar-refractivity contribution in [2.24, 2.45) is 0 Å². The van der Waals surface area contributed by atoms with Crippen LogP contribution in [0.25, 0.3) is 16.9 Å². The Morgan fingerprint density at radius 3 is 2.57 bits per heavy atom. The molecule has 0 saturated heterocycles. The lowest BCUT2D eigenvalue weighted by Gasteiger charge is -2.11. The molecule has 0 amide bonds. The van der Waals surface area contributed by atoms with E-state index in [1.165, 1.54) is 41.2 Å². The van der Waals surface area contributed by atoms with Crippen LogP contribution in [0, 0.1) is 5.82 Å². The Balaban J connectivity index is 2.47. The minimum Gasteiger partial charge on any atom is -0.325 e. The van der Waals surface area contributed by atoms with Gasteiger partial charge < -0.3 is 4.57 Å². The maximum Gasteiger partial charge on any atom is 0.337 e. The summed E-state index contributed by atoms with van der Waals surface area (Å²) < 4.78 is 17.2. The molecule has 2 heterocycles. The molecule has 0 aliphatic rings. The van der Waals surface area contributed by atoms with Gasteiger partial charge in [0, 0.05) is 13.1 Å². The highest BCUT2D eigenvalue weighted by atomic mass is 19.1. The van der Waals surface area contributed by atoms with Crippen LogP contribution in [0.4, 0.5) is 4.39 Å². The summed E-state index contributed by atoms with van der Waals surface area (Å²) in [6.07, 6.45) is 3.00. The summed E-state index contributed by atoms with van der Waals surface area (Å²) >= 11 is 0. The molecule has 0 aliphatic carbocycles. The third kappa shape index (κ3) is 2.30. The van der Waals surface area contributed by atoms with Crippen molar-refractivity contribution in [2.45, 2.75) is 20.0 Å². The number of nitrogens with zero attached hydrogens (tertiary/aromatic N) is 4. The summed E-state index contributed by atoms with van der Waals surface area (Å²) in [6, 6.07) is 5.47. The average Bonchev–Trinajstić information content (AvgIpc) is 2.97. The fourth-order valence-corrected chi connectivity index (χ4v) is 2.53. The van der Waals surface area contributed by atoms with Crippen LogP contribution in [0.5, 0.6) is 0 Å². The average molecular weight is 314 g/mol. The summed E-state index contributed by atoms with van der Waals surface area (Å²) in [4.78, 5) is 29.5. The van der Waals surface area contributed by atoms with E-state index >= 15 is 0 Å². The van der Waals surface area contributed by atoms with Crippen molar-refractivity contribution < 1.29 is 4.39 Å². The number of allylic oxidation sites excluding steroid dienone is 1. The lowest BCUT2D eigenvalue weighted by Crippen LogP contribution is -2.39. The molecule has 0 radical (unpaired) electrons. The number of fused-ring (bicyclic) bond motifs is 1. The standard InChI is InChI=1S/C16H15FN4O2/c1-3-9-20-15(22)13-14(18-10-19(13)4-2)21(16(20)23)12-7-5-11(17)6-8-12/h3,5-8,10H,1,4,9H2,2H3. The topological polar surface area (TPSA) is 61.8 Å². The molecule has 0 spiro atoms. The summed E-state index contributed by atoms with van der Waals surface area (Å²) in [5.41, 5.74) is 0.0885. The Hall–Kier alpha value is -2.96. The van der Waals surface area contributed by atoms with Gasteiger partial charge in [-0.15, -0.1) is 6.58 Å². The first-order valence-corrected chi connectivity index (χ1v) is 7.16. The van der Waals surface area contributed by atoms with Crippen molar-refractivity contribution in [1.82, 2.24) is 18.7 Å². The predicted octanol–water partition coefficient (Wildman–Crippen LogP) is 1.69. The first kappa shape index (κ1) is 15.0. The van der Waals surface area contributed by atoms with Crippen LogP contribution in [0.3, 0.4) is 0 Å². The molecule has 0 bridgehead atoms. The van der Waals surface area contributed by atoms with Gasteiger partial charge in [0.1, 0.15) is 5.82 Å². The van der Waals surface area contributed by atoms with Crippen molar-refractivity contribution in [2.75, 3.05) is 0 Å². The predicted molar refractivity (Wildman–Crippen MR) is 85.4 cm³/mol. The van der Waals surface area contributed by atoms with E-state index in [4.69, 9.17) is 0 Å². The van der Waals surface area contributed by atoms with E-state index in [2.05, 4.69) is 11.6 Å². The summed E-state index contributed by atoms with van der Waals surface area (Å²) in [5.74, 6) is -0.406. The Morgan fingerprint density at radius 2 is 1.96 bits per heavy atom. The minimum atomic E-state index is -0.532. The number of benzene rings is 1. The molecular formula is C16H15FN4O2. The van der Waals surface area contributed by atoms with Crippen LogP contribution < -0.4 is 11.2 Å². The molecule has 2 aromatic heterocycles. The first-order valence-electron chi connectivity index (χ1n) is 7.16. The Bertz CT molecular complexity index is 996. The van der Waals surface area contributed by atoms with Crippen molar-refractivity contribution in [1.29, 1.82) is 0 Å². The first-order chi connectivity index (χ1) is 11.1. The van der Waals surface area contributed by atoms with Gasteiger partial charge in [0.05, 0.1) is 12.0 Å². The molecule has 23 heavy (non-hydrogen) atoms. The normalized spacial score (nSPS) is 11.0. The zero-order valence-corrected chi connectivity index (χ0v) is 12.6. The zero-order valence-electron chi connectivity index (χ0n) is 12.6. The third-order valence-corrected chi connectivity index (χ3v) is 3.64. The van der Waals surface area contributed by atoms with Gasteiger partial charge >= 0.3 is 5.69 Å². The summed E-state index contributed by atoms with van der Waals surface area (Å²) in [7, 11) is 0. The molecular weight excluding hydrogens is 299 g/mol. The second-order valence-electron chi connectivity index (χ2n) is 5.00. The lowest BCUT2D eigenvalue weighted by atomic mass is 10.3. The number of aryl methyl sites for hydroxylation is 1. The number of halogens is 1. The molecule has 3 rings (SSSR count). The number of aromatic nitrogens is 4. The lowest BCUT2D eigenvalue weighted by molar-refractivity contribution is 0.626. The van der Waals surface area contributed by atoms with Crippen molar-refractivity contribution in [3.05, 3.63) is 69.9 Å². The maximum absolute atomic E-state index is 13.2. The number of hydrogen-bond acceptors (Lipinski definition) is 3. The van der Waals surface area contributed by atoms with E-state index < -0.39 is 17.1 Å². The van der Waals surface area contributed by atoms with Gasteiger partial charge in [-0.1, -0.05) is 6.08 Å². The quantitative estimate of drug-likeness (QED) is 0.689. The van der Waals surface area contributed by atoms with Gasteiger partial charge in [-0.2, -0.15) is 0 Å². The van der Waals surface area contributed by atoms with Crippen molar-refractivity contribution in [3.63, 3.8) is 0 Å². The van der Waals surface area contributed by atoms with E-state index in [-0.39, 0.29) is 12.2 Å². The van der Waals surface area contributed by atoms with Gasteiger partial charge in [-0.05, 0) is 31.2 Å². The smallest absolute Gasteiger partial charge is 0.325 e. The van der Waals surface area contributed by atoms with Gasteiger partial charge in [0.15, 0.2) is 11.2 Å². The molecule has 3 aromatic rings. The van der Waals surface area contributed by atoms with Gasteiger partial charge in [0.25, 0.3) is 5.56 Å². The summed E-state index contributed by atoms with van der Waals surface area (Å²) in [6.45, 7) is 6.09. The second kappa shape index (κ2) is 5.68. The Labute approximate surface area is 130 Å². The summed E-state index contributed by atoms with van der Waals surface area (Å²) in [5, 5.41) is 0. The second-order valence-corrected chi connectivity index (χ2v) is 5.00. The molecule has 6 nitrogen and oxygen atoms in total. The van der Waals surface area contributed by atoms with Crippen LogP contribution in [-0.4, -0.2) is 18.7 Å². The van der Waals surface area contributed by atoms with E-state index in [0.717, 1.165) is 4.57 Å². The Kier molecular flexibility index (Phi) is 3.69. The molecule has 1 aromatic carbocycles. The van der Waals surface area contributed by atoms with Crippen LogP contribution >= 0.6 is 0 Å². The van der Waals surface area contributed by atoms with E-state index in [1.54, 1.807) is 4.57 Å². The molecule has 0 saturated carbocycles. The van der Waals surface area contributed by atoms with E-state index in [9.17, 15) is 14.0 Å². The van der Waals surface area contributed by atoms with Crippen LogP contribution in [0.1, 0.15) is 6.92 Å². The minimum absolute atomic E-state index is 0.0870. The fourth-order valence-electron chi connectivity index (χ4n) is 2.53. The fraction of sp³-hybridized carbons (Fsp3) is 0.188. The van der Waals surface area contributed by atoms with Gasteiger partial charge in [-0.3, -0.25) is 9.36 Å². The number of imidazole rings is 1. The van der Waals surface area contributed by atoms with Crippen LogP contribution in [0.15, 0.2) is 52.8 Å².